The zero-order valence-electron chi connectivity index (χ0n) is 15.1. The summed E-state index contributed by atoms with van der Waals surface area (Å²) in [4.78, 5) is 19.0. The first-order chi connectivity index (χ1) is 12.5. The maximum atomic E-state index is 12.1. The van der Waals surface area contributed by atoms with Gasteiger partial charge >= 0.3 is 0 Å². The van der Waals surface area contributed by atoms with Crippen LogP contribution < -0.4 is 10.1 Å². The highest BCUT2D eigenvalue weighted by Gasteiger charge is 2.17. The van der Waals surface area contributed by atoms with Crippen molar-refractivity contribution in [2.45, 2.75) is 33.2 Å². The van der Waals surface area contributed by atoms with E-state index >= 15 is 0 Å². The fourth-order valence-corrected chi connectivity index (χ4v) is 3.94. The van der Waals surface area contributed by atoms with Crippen LogP contribution in [0.5, 0.6) is 5.75 Å². The molecule has 0 aliphatic carbocycles. The summed E-state index contributed by atoms with van der Waals surface area (Å²) in [7, 11) is 0. The van der Waals surface area contributed by atoms with Gasteiger partial charge in [0, 0.05) is 23.5 Å². The lowest BCUT2D eigenvalue weighted by molar-refractivity contribution is -0.118. The minimum atomic E-state index is -0.218. The smallest absolute Gasteiger partial charge is 0.264 e. The molecule has 1 saturated heterocycles. The molecule has 5 nitrogen and oxygen atoms in total. The number of piperidine rings is 1. The van der Waals surface area contributed by atoms with Crippen LogP contribution in [0.2, 0.25) is 5.02 Å². The van der Waals surface area contributed by atoms with Crippen molar-refractivity contribution in [3.05, 3.63) is 39.9 Å². The Bertz CT molecular complexity index is 765. The van der Waals surface area contributed by atoms with Gasteiger partial charge in [-0.05, 0) is 56.0 Å². The number of carbonyl (C=O) groups excluding carboxylic acids is 1. The molecule has 1 atom stereocenters. The summed E-state index contributed by atoms with van der Waals surface area (Å²) >= 11 is 7.44. The normalized spacial score (nSPS) is 17.9. The Hall–Kier alpha value is -1.63. The molecule has 1 unspecified atom stereocenters. The SMILES string of the molecule is Cc1cc(OCC(=O)Nc2nc(CN3CCCC(C)C3)cs2)ccc1Cl. The number of halogens is 1. The van der Waals surface area contributed by atoms with E-state index < -0.39 is 0 Å². The number of nitrogens with one attached hydrogen (secondary N) is 1. The van der Waals surface area contributed by atoms with Gasteiger partial charge in [0.1, 0.15) is 5.75 Å². The minimum Gasteiger partial charge on any atom is -0.484 e. The summed E-state index contributed by atoms with van der Waals surface area (Å²) in [5.41, 5.74) is 1.93. The predicted molar refractivity (Wildman–Crippen MR) is 106 cm³/mol. The molecule has 0 radical (unpaired) electrons. The van der Waals surface area contributed by atoms with Gasteiger partial charge in [-0.25, -0.2) is 4.98 Å². The van der Waals surface area contributed by atoms with Gasteiger partial charge in [0.05, 0.1) is 5.69 Å². The van der Waals surface area contributed by atoms with Gasteiger partial charge < -0.3 is 4.74 Å². The van der Waals surface area contributed by atoms with Crippen LogP contribution in [-0.2, 0) is 11.3 Å². The lowest BCUT2D eigenvalue weighted by atomic mass is 10.0. The molecule has 7 heteroatoms. The molecule has 0 bridgehead atoms. The van der Waals surface area contributed by atoms with Crippen LogP contribution in [-0.4, -0.2) is 35.5 Å². The first-order valence-corrected chi connectivity index (χ1v) is 10.1. The highest BCUT2D eigenvalue weighted by Crippen LogP contribution is 2.22. The summed E-state index contributed by atoms with van der Waals surface area (Å²) in [6, 6.07) is 5.33. The number of ether oxygens (including phenoxy) is 1. The molecule has 26 heavy (non-hydrogen) atoms. The largest absolute Gasteiger partial charge is 0.484 e. The molecule has 1 amide bonds. The number of thiazole rings is 1. The zero-order valence-corrected chi connectivity index (χ0v) is 16.7. The van der Waals surface area contributed by atoms with E-state index in [1.165, 1.54) is 24.2 Å². The van der Waals surface area contributed by atoms with Crippen LogP contribution in [0, 0.1) is 12.8 Å². The number of benzene rings is 1. The summed E-state index contributed by atoms with van der Waals surface area (Å²) in [5.74, 6) is 1.15. The Kier molecular flexibility index (Phi) is 6.51. The lowest BCUT2D eigenvalue weighted by Gasteiger charge is -2.30. The minimum absolute atomic E-state index is 0.0559. The van der Waals surface area contributed by atoms with Crippen LogP contribution >= 0.6 is 22.9 Å². The summed E-state index contributed by atoms with van der Waals surface area (Å²) in [6.45, 7) is 7.22. The molecule has 0 saturated carbocycles. The lowest BCUT2D eigenvalue weighted by Crippen LogP contribution is -2.33. The highest BCUT2D eigenvalue weighted by atomic mass is 35.5. The number of anilines is 1. The Balaban J connectivity index is 1.47. The quantitative estimate of drug-likeness (QED) is 0.792. The highest BCUT2D eigenvalue weighted by molar-refractivity contribution is 7.13. The first-order valence-electron chi connectivity index (χ1n) is 8.85. The number of hydrogen-bond acceptors (Lipinski definition) is 5. The Morgan fingerprint density at radius 3 is 3.12 bits per heavy atom. The third-order valence-corrected chi connectivity index (χ3v) is 5.65. The van der Waals surface area contributed by atoms with Crippen LogP contribution in [0.1, 0.15) is 31.0 Å². The van der Waals surface area contributed by atoms with E-state index in [0.717, 1.165) is 36.8 Å². The molecule has 1 aliphatic rings. The fraction of sp³-hybridized carbons (Fsp3) is 0.474. The second-order valence-corrected chi connectivity index (χ2v) is 8.14. The van der Waals surface area contributed by atoms with E-state index in [0.29, 0.717) is 15.9 Å². The Morgan fingerprint density at radius 2 is 2.35 bits per heavy atom. The van der Waals surface area contributed by atoms with E-state index in [4.69, 9.17) is 16.3 Å². The van der Waals surface area contributed by atoms with Crippen molar-refractivity contribution in [3.63, 3.8) is 0 Å². The molecule has 1 aromatic heterocycles. The Morgan fingerprint density at radius 1 is 1.50 bits per heavy atom. The predicted octanol–water partition coefficient (Wildman–Crippen LogP) is 4.35. The van der Waals surface area contributed by atoms with Gasteiger partial charge in [0.25, 0.3) is 5.91 Å². The number of rotatable bonds is 6. The summed E-state index contributed by atoms with van der Waals surface area (Å²) in [6.07, 6.45) is 2.55. The Labute approximate surface area is 163 Å². The van der Waals surface area contributed by atoms with Gasteiger partial charge in [0.15, 0.2) is 11.7 Å². The van der Waals surface area contributed by atoms with Crippen molar-refractivity contribution in [3.8, 4) is 5.75 Å². The number of aryl methyl sites for hydroxylation is 1. The molecule has 1 fully saturated rings. The molecular formula is C19H24ClN3O2S. The molecule has 1 aromatic carbocycles. The molecule has 3 rings (SSSR count). The maximum absolute atomic E-state index is 12.1. The van der Waals surface area contributed by atoms with Crippen LogP contribution in [0.15, 0.2) is 23.6 Å². The molecule has 2 heterocycles. The number of likely N-dealkylation sites (tertiary alicyclic amines) is 1. The number of aromatic nitrogens is 1. The number of nitrogens with zero attached hydrogens (tertiary/aromatic N) is 2. The van der Waals surface area contributed by atoms with Crippen LogP contribution in [0.4, 0.5) is 5.13 Å². The zero-order chi connectivity index (χ0) is 18.5. The van der Waals surface area contributed by atoms with Crippen molar-refractivity contribution in [1.82, 2.24) is 9.88 Å². The topological polar surface area (TPSA) is 54.5 Å². The maximum Gasteiger partial charge on any atom is 0.264 e. The van der Waals surface area contributed by atoms with Gasteiger partial charge in [-0.15, -0.1) is 11.3 Å². The molecule has 2 aromatic rings. The number of amides is 1. The van der Waals surface area contributed by atoms with E-state index in [2.05, 4.69) is 22.1 Å². The first kappa shape index (κ1) is 19.1. The van der Waals surface area contributed by atoms with E-state index in [1.807, 2.05) is 18.4 Å². The fourth-order valence-electron chi connectivity index (χ4n) is 3.11. The second-order valence-electron chi connectivity index (χ2n) is 6.87. The third kappa shape index (κ3) is 5.43. The standard InChI is InChI=1S/C19H24ClN3O2S/c1-13-4-3-7-23(9-13)10-15-12-26-19(21-15)22-18(24)11-25-16-5-6-17(20)14(2)8-16/h5-6,8,12-13H,3-4,7,9-11H2,1-2H3,(H,21,22,24). The van der Waals surface area contributed by atoms with Gasteiger partial charge in [-0.1, -0.05) is 18.5 Å². The molecule has 1 N–H and O–H groups in total. The monoisotopic (exact) mass is 393 g/mol. The van der Waals surface area contributed by atoms with Crippen molar-refractivity contribution in [2.24, 2.45) is 5.92 Å². The van der Waals surface area contributed by atoms with Gasteiger partial charge in [0.2, 0.25) is 0 Å². The van der Waals surface area contributed by atoms with Crippen molar-refractivity contribution in [1.29, 1.82) is 0 Å². The number of carbonyl (C=O) groups is 1. The average Bonchev–Trinajstić information content (AvgIpc) is 3.03. The molecular weight excluding hydrogens is 370 g/mol. The van der Waals surface area contributed by atoms with E-state index in [-0.39, 0.29) is 12.5 Å². The van der Waals surface area contributed by atoms with E-state index in [1.54, 1.807) is 12.1 Å². The van der Waals surface area contributed by atoms with E-state index in [9.17, 15) is 4.79 Å². The van der Waals surface area contributed by atoms with Crippen molar-refractivity contribution in [2.75, 3.05) is 25.0 Å². The van der Waals surface area contributed by atoms with Crippen LogP contribution in [0.3, 0.4) is 0 Å². The van der Waals surface area contributed by atoms with Crippen molar-refractivity contribution < 1.29 is 9.53 Å². The molecule has 0 spiro atoms. The summed E-state index contributed by atoms with van der Waals surface area (Å²) in [5, 5.41) is 6.11. The average molecular weight is 394 g/mol. The second kappa shape index (κ2) is 8.84. The number of hydrogen-bond donors (Lipinski definition) is 1. The van der Waals surface area contributed by atoms with Crippen molar-refractivity contribution >= 4 is 34.0 Å². The van der Waals surface area contributed by atoms with Crippen LogP contribution in [0.25, 0.3) is 0 Å². The van der Waals surface area contributed by atoms with Gasteiger partial charge in [-0.3, -0.25) is 15.0 Å². The third-order valence-electron chi connectivity index (χ3n) is 4.42. The molecule has 1 aliphatic heterocycles. The summed E-state index contributed by atoms with van der Waals surface area (Å²) < 4.78 is 5.51. The van der Waals surface area contributed by atoms with Gasteiger partial charge in [-0.2, -0.15) is 0 Å². The molecule has 140 valence electrons.